The number of ether oxygens (including phenoxy) is 2. The number of pyridine rings is 1. The lowest BCUT2D eigenvalue weighted by Crippen LogP contribution is -2.42. The van der Waals surface area contributed by atoms with Crippen LogP contribution in [0.2, 0.25) is 0 Å². The van der Waals surface area contributed by atoms with Crippen molar-refractivity contribution < 1.29 is 14.3 Å². The zero-order valence-corrected chi connectivity index (χ0v) is 20.3. The van der Waals surface area contributed by atoms with Crippen LogP contribution >= 0.6 is 0 Å². The van der Waals surface area contributed by atoms with E-state index in [1.807, 2.05) is 35.9 Å². The number of H-pyrrole nitrogens is 1. The van der Waals surface area contributed by atoms with Crippen LogP contribution in [-0.2, 0) is 9.53 Å². The molecule has 10 nitrogen and oxygen atoms in total. The first kappa shape index (κ1) is 23.5. The van der Waals surface area contributed by atoms with Crippen LogP contribution in [0.4, 0.5) is 0 Å². The SMILES string of the molecule is CCOC(=O)C1CCN([C@H](c2cc3cc(OC)ccc3[nH]c2=O)c2nnnn2C2CCCC2)CC1. The van der Waals surface area contributed by atoms with E-state index in [2.05, 4.69) is 25.4 Å². The van der Waals surface area contributed by atoms with Crippen LogP contribution in [0.25, 0.3) is 10.9 Å². The standard InChI is InChI=1S/C25H32N6O4/c1-3-35-25(33)16-10-12-30(13-11-16)22(23-27-28-29-31(23)18-6-4-5-7-18)20-15-17-14-19(34-2)8-9-21(17)26-24(20)32/h8-9,14-16,18,22H,3-7,10-13H2,1-2H3,(H,26,32)/t22-/m1/s1. The second-order valence-corrected chi connectivity index (χ2v) is 9.39. The Morgan fingerprint density at radius 3 is 2.66 bits per heavy atom. The van der Waals surface area contributed by atoms with Gasteiger partial charge in [-0.2, -0.15) is 0 Å². The Bertz CT molecular complexity index is 1240. The maximum atomic E-state index is 13.4. The summed E-state index contributed by atoms with van der Waals surface area (Å²) in [5, 5.41) is 13.7. The fourth-order valence-corrected chi connectivity index (χ4v) is 5.47. The average molecular weight is 481 g/mol. The molecule has 3 heterocycles. The summed E-state index contributed by atoms with van der Waals surface area (Å²) >= 11 is 0. The zero-order valence-electron chi connectivity index (χ0n) is 20.3. The number of benzene rings is 1. The molecule has 3 aromatic rings. The van der Waals surface area contributed by atoms with E-state index < -0.39 is 6.04 Å². The third-order valence-electron chi connectivity index (χ3n) is 7.32. The monoisotopic (exact) mass is 480 g/mol. The average Bonchev–Trinajstić information content (AvgIpc) is 3.57. The molecule has 0 spiro atoms. The Balaban J connectivity index is 1.55. The van der Waals surface area contributed by atoms with E-state index in [9.17, 15) is 9.59 Å². The van der Waals surface area contributed by atoms with Gasteiger partial charge in [-0.3, -0.25) is 14.5 Å². The Labute approximate surface area is 203 Å². The van der Waals surface area contributed by atoms with Crippen LogP contribution in [-0.4, -0.2) is 62.9 Å². The van der Waals surface area contributed by atoms with E-state index in [-0.39, 0.29) is 23.5 Å². The number of piperidine rings is 1. The number of carbonyl (C=O) groups is 1. The minimum Gasteiger partial charge on any atom is -0.497 e. The predicted octanol–water partition coefficient (Wildman–Crippen LogP) is 3.00. The van der Waals surface area contributed by atoms with Crippen molar-refractivity contribution in [2.45, 2.75) is 57.5 Å². The van der Waals surface area contributed by atoms with Gasteiger partial charge in [0.1, 0.15) is 11.8 Å². The number of carbonyl (C=O) groups excluding carboxylic acids is 1. The van der Waals surface area contributed by atoms with E-state index in [0.717, 1.165) is 42.3 Å². The summed E-state index contributed by atoms with van der Waals surface area (Å²) in [6.45, 7) is 3.49. The van der Waals surface area contributed by atoms with Crippen LogP contribution in [0.3, 0.4) is 0 Å². The lowest BCUT2D eigenvalue weighted by atomic mass is 9.93. The Kier molecular flexibility index (Phi) is 6.81. The highest BCUT2D eigenvalue weighted by atomic mass is 16.5. The van der Waals surface area contributed by atoms with Gasteiger partial charge in [0, 0.05) is 29.6 Å². The molecule has 1 aliphatic heterocycles. The van der Waals surface area contributed by atoms with Crippen LogP contribution < -0.4 is 10.3 Å². The highest BCUT2D eigenvalue weighted by Gasteiger charge is 2.36. The molecule has 2 aliphatic rings. The summed E-state index contributed by atoms with van der Waals surface area (Å²) < 4.78 is 12.6. The molecule has 5 rings (SSSR count). The minimum absolute atomic E-state index is 0.128. The number of fused-ring (bicyclic) bond motifs is 1. The second-order valence-electron chi connectivity index (χ2n) is 9.39. The van der Waals surface area contributed by atoms with Gasteiger partial charge in [-0.05, 0) is 67.3 Å². The fourth-order valence-electron chi connectivity index (χ4n) is 5.47. The molecule has 1 N–H and O–H groups in total. The van der Waals surface area contributed by atoms with Gasteiger partial charge in [0.25, 0.3) is 5.56 Å². The number of nitrogens with zero attached hydrogens (tertiary/aromatic N) is 5. The molecule has 1 saturated carbocycles. The van der Waals surface area contributed by atoms with Crippen LogP contribution in [0.15, 0.2) is 29.1 Å². The Morgan fingerprint density at radius 2 is 1.94 bits per heavy atom. The molecular weight excluding hydrogens is 448 g/mol. The molecule has 1 aromatic carbocycles. The highest BCUT2D eigenvalue weighted by molar-refractivity contribution is 5.80. The van der Waals surface area contributed by atoms with Crippen molar-refractivity contribution in [3.05, 3.63) is 46.0 Å². The number of esters is 1. The molecule has 2 fully saturated rings. The molecule has 186 valence electrons. The van der Waals surface area contributed by atoms with Crippen molar-refractivity contribution in [3.63, 3.8) is 0 Å². The van der Waals surface area contributed by atoms with Crippen molar-refractivity contribution in [3.8, 4) is 5.75 Å². The predicted molar refractivity (Wildman–Crippen MR) is 129 cm³/mol. The first-order valence-electron chi connectivity index (χ1n) is 12.5. The van der Waals surface area contributed by atoms with Gasteiger partial charge in [0.15, 0.2) is 5.82 Å². The van der Waals surface area contributed by atoms with Crippen molar-refractivity contribution >= 4 is 16.9 Å². The molecule has 1 atom stereocenters. The topological polar surface area (TPSA) is 115 Å². The number of hydrogen-bond acceptors (Lipinski definition) is 8. The maximum Gasteiger partial charge on any atom is 0.309 e. The van der Waals surface area contributed by atoms with Gasteiger partial charge < -0.3 is 14.5 Å². The molecule has 10 heteroatoms. The van der Waals surface area contributed by atoms with E-state index in [4.69, 9.17) is 9.47 Å². The van der Waals surface area contributed by atoms with Gasteiger partial charge in [-0.1, -0.05) is 12.8 Å². The Morgan fingerprint density at radius 1 is 1.17 bits per heavy atom. The molecule has 0 radical (unpaired) electrons. The van der Waals surface area contributed by atoms with Gasteiger partial charge in [-0.15, -0.1) is 5.10 Å². The zero-order chi connectivity index (χ0) is 24.4. The normalized spacial score (nSPS) is 18.7. The number of methoxy groups -OCH3 is 1. The molecular formula is C25H32N6O4. The molecule has 2 aromatic heterocycles. The van der Waals surface area contributed by atoms with E-state index in [1.54, 1.807) is 7.11 Å². The summed E-state index contributed by atoms with van der Waals surface area (Å²) in [4.78, 5) is 31.0. The largest absolute Gasteiger partial charge is 0.497 e. The summed E-state index contributed by atoms with van der Waals surface area (Å²) in [6, 6.07) is 7.33. The number of aromatic nitrogens is 5. The molecule has 1 aliphatic carbocycles. The fraction of sp³-hybridized carbons (Fsp3) is 0.560. The van der Waals surface area contributed by atoms with Crippen LogP contribution in [0.5, 0.6) is 5.75 Å². The summed E-state index contributed by atoms with van der Waals surface area (Å²) in [5.74, 6) is 1.13. The van der Waals surface area contributed by atoms with E-state index in [0.29, 0.717) is 43.9 Å². The lowest BCUT2D eigenvalue weighted by molar-refractivity contribution is -0.149. The molecule has 0 unspecified atom stereocenters. The number of nitrogens with one attached hydrogen (secondary N) is 1. The first-order chi connectivity index (χ1) is 17.1. The molecule has 35 heavy (non-hydrogen) atoms. The minimum atomic E-state index is -0.423. The van der Waals surface area contributed by atoms with E-state index in [1.165, 1.54) is 0 Å². The van der Waals surface area contributed by atoms with Crippen molar-refractivity contribution in [1.82, 2.24) is 30.1 Å². The van der Waals surface area contributed by atoms with Crippen molar-refractivity contribution in [2.75, 3.05) is 26.8 Å². The van der Waals surface area contributed by atoms with Crippen molar-refractivity contribution in [2.24, 2.45) is 5.92 Å². The summed E-state index contributed by atoms with van der Waals surface area (Å²) in [5.41, 5.74) is 1.17. The second kappa shape index (κ2) is 10.2. The number of hydrogen-bond donors (Lipinski definition) is 1. The van der Waals surface area contributed by atoms with Crippen molar-refractivity contribution in [1.29, 1.82) is 0 Å². The van der Waals surface area contributed by atoms with E-state index >= 15 is 0 Å². The molecule has 1 saturated heterocycles. The highest BCUT2D eigenvalue weighted by Crippen LogP contribution is 2.35. The number of tetrazole rings is 1. The van der Waals surface area contributed by atoms with Gasteiger partial charge in [-0.25, -0.2) is 4.68 Å². The Hall–Kier alpha value is -3.27. The lowest BCUT2D eigenvalue weighted by Gasteiger charge is -2.36. The maximum absolute atomic E-state index is 13.4. The summed E-state index contributed by atoms with van der Waals surface area (Å²) in [6.07, 6.45) is 5.69. The van der Waals surface area contributed by atoms with Gasteiger partial charge in [0.05, 0.1) is 25.7 Å². The number of rotatable bonds is 7. The first-order valence-corrected chi connectivity index (χ1v) is 12.5. The van der Waals surface area contributed by atoms with Gasteiger partial charge in [0.2, 0.25) is 0 Å². The third-order valence-corrected chi connectivity index (χ3v) is 7.32. The van der Waals surface area contributed by atoms with Crippen LogP contribution in [0.1, 0.15) is 68.9 Å². The van der Waals surface area contributed by atoms with Gasteiger partial charge >= 0.3 is 5.97 Å². The van der Waals surface area contributed by atoms with Crippen LogP contribution in [0, 0.1) is 5.92 Å². The third kappa shape index (κ3) is 4.67. The summed E-state index contributed by atoms with van der Waals surface area (Å²) in [7, 11) is 1.63. The quantitative estimate of drug-likeness (QED) is 0.513. The molecule has 0 bridgehead atoms. The number of aromatic amines is 1. The smallest absolute Gasteiger partial charge is 0.309 e. The number of likely N-dealkylation sites (tertiary alicyclic amines) is 1. The molecule has 0 amide bonds.